The van der Waals surface area contributed by atoms with Gasteiger partial charge < -0.3 is 8.85 Å². The van der Waals surface area contributed by atoms with Crippen LogP contribution in [0.2, 0.25) is 13.1 Å². The molecule has 0 bridgehead atoms. The molecule has 0 aliphatic rings. The fraction of sp³-hybridized carbons (Fsp3) is 1.00. The molecule has 3 heteroatoms. The van der Waals surface area contributed by atoms with Crippen molar-refractivity contribution in [1.29, 1.82) is 0 Å². The highest BCUT2D eigenvalue weighted by molar-refractivity contribution is 6.64. The van der Waals surface area contributed by atoms with Crippen LogP contribution in [0.15, 0.2) is 0 Å². The first-order chi connectivity index (χ1) is 16.1. The van der Waals surface area contributed by atoms with Gasteiger partial charge in [0.15, 0.2) is 0 Å². The van der Waals surface area contributed by atoms with Crippen molar-refractivity contribution in [2.45, 2.75) is 181 Å². The molecule has 200 valence electrons. The quantitative estimate of drug-likeness (QED) is 0.0811. The molecule has 0 saturated carbocycles. The first kappa shape index (κ1) is 33.1. The van der Waals surface area contributed by atoms with Gasteiger partial charge in [-0.05, 0) is 25.9 Å². The molecule has 0 aromatic carbocycles. The Balaban J connectivity index is 3.25. The van der Waals surface area contributed by atoms with E-state index in [1.807, 2.05) is 0 Å². The summed E-state index contributed by atoms with van der Waals surface area (Å²) in [5.41, 5.74) is 0. The third kappa shape index (κ3) is 28.3. The smallest absolute Gasteiger partial charge is 0.331 e. The topological polar surface area (TPSA) is 18.5 Å². The highest BCUT2D eigenvalue weighted by Gasteiger charge is 2.23. The Labute approximate surface area is 211 Å². The van der Waals surface area contributed by atoms with E-state index in [1.54, 1.807) is 0 Å². The van der Waals surface area contributed by atoms with Gasteiger partial charge in [-0.2, -0.15) is 0 Å². The predicted molar refractivity (Wildman–Crippen MR) is 152 cm³/mol. The Morgan fingerprint density at radius 1 is 0.333 bits per heavy atom. The highest BCUT2D eigenvalue weighted by atomic mass is 28.4. The van der Waals surface area contributed by atoms with Crippen LogP contribution in [0.5, 0.6) is 0 Å². The minimum absolute atomic E-state index is 0.896. The molecule has 0 amide bonds. The zero-order valence-electron chi connectivity index (χ0n) is 23.7. The van der Waals surface area contributed by atoms with Gasteiger partial charge in [0.05, 0.1) is 0 Å². The molecule has 0 aromatic heterocycles. The summed E-state index contributed by atoms with van der Waals surface area (Å²) >= 11 is 0. The Bertz CT molecular complexity index is 359. The van der Waals surface area contributed by atoms with Gasteiger partial charge in [0.2, 0.25) is 0 Å². The van der Waals surface area contributed by atoms with E-state index < -0.39 is 8.56 Å². The lowest BCUT2D eigenvalue weighted by atomic mass is 10.0. The second-order valence-electron chi connectivity index (χ2n) is 10.9. The zero-order chi connectivity index (χ0) is 24.3. The summed E-state index contributed by atoms with van der Waals surface area (Å²) in [5.74, 6) is 0. The summed E-state index contributed by atoms with van der Waals surface area (Å²) in [5, 5.41) is 0. The third-order valence-corrected chi connectivity index (χ3v) is 8.69. The molecule has 0 aliphatic heterocycles. The molecule has 0 aromatic rings. The van der Waals surface area contributed by atoms with E-state index in [9.17, 15) is 0 Å². The summed E-state index contributed by atoms with van der Waals surface area (Å²) in [7, 11) is -1.90. The number of hydrogen-bond acceptors (Lipinski definition) is 2. The lowest BCUT2D eigenvalue weighted by Gasteiger charge is -2.23. The summed E-state index contributed by atoms with van der Waals surface area (Å²) in [6.07, 6.45) is 33.5. The van der Waals surface area contributed by atoms with Crippen LogP contribution in [0.3, 0.4) is 0 Å². The molecular formula is C30H64O2Si. The normalized spacial score (nSPS) is 12.0. The van der Waals surface area contributed by atoms with Crippen LogP contribution < -0.4 is 0 Å². The van der Waals surface area contributed by atoms with Gasteiger partial charge in [-0.3, -0.25) is 0 Å². The van der Waals surface area contributed by atoms with Crippen LogP contribution in [0.25, 0.3) is 0 Å². The van der Waals surface area contributed by atoms with Crippen molar-refractivity contribution in [3.8, 4) is 0 Å². The van der Waals surface area contributed by atoms with Crippen molar-refractivity contribution in [3.05, 3.63) is 0 Å². The summed E-state index contributed by atoms with van der Waals surface area (Å²) < 4.78 is 12.3. The van der Waals surface area contributed by atoms with Crippen molar-refractivity contribution in [2.24, 2.45) is 0 Å². The van der Waals surface area contributed by atoms with E-state index in [1.165, 1.54) is 154 Å². The van der Waals surface area contributed by atoms with E-state index in [0.717, 1.165) is 13.2 Å². The minimum Gasteiger partial charge on any atom is -0.395 e. The van der Waals surface area contributed by atoms with Crippen molar-refractivity contribution < 1.29 is 8.85 Å². The van der Waals surface area contributed by atoms with Crippen molar-refractivity contribution >= 4 is 8.56 Å². The monoisotopic (exact) mass is 484 g/mol. The van der Waals surface area contributed by atoms with Crippen LogP contribution in [-0.4, -0.2) is 21.8 Å². The molecule has 0 N–H and O–H groups in total. The van der Waals surface area contributed by atoms with Crippen LogP contribution in [0.1, 0.15) is 168 Å². The van der Waals surface area contributed by atoms with Gasteiger partial charge in [0.1, 0.15) is 0 Å². The molecule has 0 radical (unpaired) electrons. The van der Waals surface area contributed by atoms with Gasteiger partial charge in [0.25, 0.3) is 0 Å². The molecular weight excluding hydrogens is 420 g/mol. The molecule has 0 atom stereocenters. The van der Waals surface area contributed by atoms with Crippen molar-refractivity contribution in [2.75, 3.05) is 13.2 Å². The van der Waals surface area contributed by atoms with Crippen molar-refractivity contribution in [3.63, 3.8) is 0 Å². The maximum Gasteiger partial charge on any atom is 0.331 e. The average Bonchev–Trinajstić information content (AvgIpc) is 2.80. The third-order valence-electron chi connectivity index (χ3n) is 6.90. The van der Waals surface area contributed by atoms with E-state index in [0.29, 0.717) is 0 Å². The molecule has 0 fully saturated rings. The van der Waals surface area contributed by atoms with Gasteiger partial charge in [-0.1, -0.05) is 155 Å². The van der Waals surface area contributed by atoms with Gasteiger partial charge in [0, 0.05) is 13.2 Å². The van der Waals surface area contributed by atoms with Gasteiger partial charge >= 0.3 is 8.56 Å². The molecule has 0 heterocycles. The second kappa shape index (κ2) is 26.7. The fourth-order valence-corrected chi connectivity index (χ4v) is 5.92. The van der Waals surface area contributed by atoms with Crippen LogP contribution in [-0.2, 0) is 8.85 Å². The molecule has 0 unspecified atom stereocenters. The van der Waals surface area contributed by atoms with Crippen molar-refractivity contribution in [1.82, 2.24) is 0 Å². The van der Waals surface area contributed by atoms with Crippen LogP contribution in [0.4, 0.5) is 0 Å². The summed E-state index contributed by atoms with van der Waals surface area (Å²) in [4.78, 5) is 0. The first-order valence-corrected chi connectivity index (χ1v) is 18.2. The average molecular weight is 485 g/mol. The van der Waals surface area contributed by atoms with E-state index in [4.69, 9.17) is 8.85 Å². The summed E-state index contributed by atoms with van der Waals surface area (Å²) in [6, 6.07) is 0. The van der Waals surface area contributed by atoms with Crippen LogP contribution >= 0.6 is 0 Å². The van der Waals surface area contributed by atoms with E-state index in [2.05, 4.69) is 26.9 Å². The molecule has 0 saturated heterocycles. The molecule has 0 spiro atoms. The maximum absolute atomic E-state index is 6.14. The standard InChI is InChI=1S/C30H64O2Si/c1-5-7-9-11-13-15-16-17-18-19-20-21-22-24-26-28-30-32-33(3,4)31-29-27-25-23-14-12-10-8-6-2/h5-30H2,1-4H3. The Morgan fingerprint density at radius 3 is 0.788 bits per heavy atom. The van der Waals surface area contributed by atoms with E-state index >= 15 is 0 Å². The number of hydrogen-bond donors (Lipinski definition) is 0. The number of unbranched alkanes of at least 4 members (excludes halogenated alkanes) is 22. The summed E-state index contributed by atoms with van der Waals surface area (Å²) in [6.45, 7) is 10.8. The Morgan fingerprint density at radius 2 is 0.545 bits per heavy atom. The SMILES string of the molecule is CCCCCCCCCCCCCCCCCCO[Si](C)(C)OCCCCCCCCCC. The van der Waals surface area contributed by atoms with Crippen LogP contribution in [0, 0.1) is 0 Å². The van der Waals surface area contributed by atoms with Gasteiger partial charge in [-0.25, -0.2) is 0 Å². The second-order valence-corrected chi connectivity index (χ2v) is 14.3. The number of rotatable bonds is 28. The van der Waals surface area contributed by atoms with E-state index in [-0.39, 0.29) is 0 Å². The fourth-order valence-electron chi connectivity index (χ4n) is 4.56. The lowest BCUT2D eigenvalue weighted by molar-refractivity contribution is 0.172. The molecule has 33 heavy (non-hydrogen) atoms. The zero-order valence-corrected chi connectivity index (χ0v) is 24.7. The molecule has 0 aliphatic carbocycles. The maximum atomic E-state index is 6.14. The highest BCUT2D eigenvalue weighted by Crippen LogP contribution is 2.15. The van der Waals surface area contributed by atoms with Gasteiger partial charge in [-0.15, -0.1) is 0 Å². The minimum atomic E-state index is -1.90. The Hall–Kier alpha value is 0.137. The Kier molecular flexibility index (Phi) is 26.8. The predicted octanol–water partition coefficient (Wildman–Crippen LogP) is 11.1. The first-order valence-electron chi connectivity index (χ1n) is 15.4. The lowest BCUT2D eigenvalue weighted by Crippen LogP contribution is -2.35. The molecule has 0 rings (SSSR count). The molecule has 2 nitrogen and oxygen atoms in total. The largest absolute Gasteiger partial charge is 0.395 e.